The van der Waals surface area contributed by atoms with Gasteiger partial charge in [-0.2, -0.15) is 13.2 Å². The molecular formula is C5H4F3N3O2. The minimum atomic E-state index is -4.62. The molecule has 0 spiro atoms. The smallest absolute Gasteiger partial charge is 0.351 e. The number of urea groups is 1. The van der Waals surface area contributed by atoms with Gasteiger partial charge in [-0.3, -0.25) is 5.32 Å². The first kappa shape index (κ1) is 9.36. The standard InChI is InChI=1S/C5H4F3N3O2/c6-5(7,8)2-1-3(11-13-2)10-4(9)12/h1H,(H3,9,10,11,12). The van der Waals surface area contributed by atoms with E-state index in [-0.39, 0.29) is 5.82 Å². The molecule has 1 aromatic rings. The highest BCUT2D eigenvalue weighted by atomic mass is 19.4. The first-order valence-electron chi connectivity index (χ1n) is 3.00. The predicted octanol–water partition coefficient (Wildman–Crippen LogP) is 1.18. The summed E-state index contributed by atoms with van der Waals surface area (Å²) in [6, 6.07) is -0.480. The summed E-state index contributed by atoms with van der Waals surface area (Å²) in [4.78, 5) is 10.2. The van der Waals surface area contributed by atoms with Gasteiger partial charge in [0, 0.05) is 6.07 Å². The van der Waals surface area contributed by atoms with Crippen LogP contribution in [0.5, 0.6) is 0 Å². The van der Waals surface area contributed by atoms with E-state index in [1.54, 1.807) is 0 Å². The molecule has 0 radical (unpaired) electrons. The average Bonchev–Trinajstić information content (AvgIpc) is 2.32. The number of alkyl halides is 3. The van der Waals surface area contributed by atoms with Gasteiger partial charge in [0.1, 0.15) is 0 Å². The Labute approximate surface area is 69.7 Å². The van der Waals surface area contributed by atoms with E-state index in [4.69, 9.17) is 0 Å². The molecule has 72 valence electrons. The second-order valence-corrected chi connectivity index (χ2v) is 2.06. The van der Waals surface area contributed by atoms with Crippen LogP contribution in [0.3, 0.4) is 0 Å². The first-order valence-corrected chi connectivity index (χ1v) is 3.00. The molecule has 0 atom stereocenters. The van der Waals surface area contributed by atoms with Crippen LogP contribution in [0.4, 0.5) is 23.8 Å². The van der Waals surface area contributed by atoms with Gasteiger partial charge in [-0.25, -0.2) is 4.79 Å². The van der Waals surface area contributed by atoms with Crippen molar-refractivity contribution in [3.8, 4) is 0 Å². The number of primary amides is 1. The number of carbonyl (C=O) groups excluding carboxylic acids is 1. The molecule has 0 bridgehead atoms. The summed E-state index contributed by atoms with van der Waals surface area (Å²) >= 11 is 0. The fraction of sp³-hybridized carbons (Fsp3) is 0.200. The number of aromatic nitrogens is 1. The fourth-order valence-electron chi connectivity index (χ4n) is 0.594. The third-order valence-electron chi connectivity index (χ3n) is 1.04. The molecule has 0 aliphatic rings. The summed E-state index contributed by atoms with van der Waals surface area (Å²) in [7, 11) is 0. The molecule has 1 rings (SSSR count). The number of halogens is 3. The molecule has 1 heterocycles. The number of anilines is 1. The molecule has 1 aromatic heterocycles. The molecule has 13 heavy (non-hydrogen) atoms. The van der Waals surface area contributed by atoms with Crippen LogP contribution < -0.4 is 11.1 Å². The third kappa shape index (κ3) is 2.36. The summed E-state index contributed by atoms with van der Waals surface area (Å²) in [6.07, 6.45) is -4.62. The number of rotatable bonds is 1. The molecule has 2 amide bonds. The van der Waals surface area contributed by atoms with Crippen molar-refractivity contribution >= 4 is 11.8 Å². The van der Waals surface area contributed by atoms with Crippen LogP contribution in [0.1, 0.15) is 5.76 Å². The number of nitrogens with two attached hydrogens (primary N) is 1. The molecule has 0 saturated carbocycles. The van der Waals surface area contributed by atoms with Gasteiger partial charge in [0.05, 0.1) is 0 Å². The van der Waals surface area contributed by atoms with E-state index in [0.717, 1.165) is 0 Å². The van der Waals surface area contributed by atoms with Gasteiger partial charge in [-0.1, -0.05) is 5.16 Å². The summed E-state index contributed by atoms with van der Waals surface area (Å²) in [5.41, 5.74) is 4.63. The topological polar surface area (TPSA) is 81.2 Å². The molecule has 0 fully saturated rings. The molecule has 0 saturated heterocycles. The lowest BCUT2D eigenvalue weighted by Crippen LogP contribution is -2.19. The largest absolute Gasteiger partial charge is 0.452 e. The molecule has 3 N–H and O–H groups in total. The Morgan fingerprint density at radius 1 is 1.62 bits per heavy atom. The van der Waals surface area contributed by atoms with Crippen LogP contribution in [0.15, 0.2) is 10.6 Å². The highest BCUT2D eigenvalue weighted by Crippen LogP contribution is 2.30. The maximum absolute atomic E-state index is 11.9. The number of nitrogens with one attached hydrogen (secondary N) is 1. The zero-order chi connectivity index (χ0) is 10.1. The monoisotopic (exact) mass is 195 g/mol. The maximum atomic E-state index is 11.9. The fourth-order valence-corrected chi connectivity index (χ4v) is 0.594. The lowest BCUT2D eigenvalue weighted by atomic mass is 10.4. The van der Waals surface area contributed by atoms with Crippen LogP contribution in [0.25, 0.3) is 0 Å². The molecule has 0 aliphatic carbocycles. The number of nitrogens with zero attached hydrogens (tertiary/aromatic N) is 1. The van der Waals surface area contributed by atoms with Crippen LogP contribution >= 0.6 is 0 Å². The van der Waals surface area contributed by atoms with Crippen LogP contribution in [-0.2, 0) is 6.18 Å². The van der Waals surface area contributed by atoms with Crippen molar-refractivity contribution in [2.24, 2.45) is 5.73 Å². The minimum Gasteiger partial charge on any atom is -0.351 e. The van der Waals surface area contributed by atoms with Gasteiger partial charge in [-0.05, 0) is 0 Å². The van der Waals surface area contributed by atoms with Gasteiger partial charge in [0.25, 0.3) is 0 Å². The van der Waals surface area contributed by atoms with E-state index >= 15 is 0 Å². The van der Waals surface area contributed by atoms with E-state index in [2.05, 4.69) is 15.4 Å². The van der Waals surface area contributed by atoms with Gasteiger partial charge < -0.3 is 10.3 Å². The van der Waals surface area contributed by atoms with Crippen molar-refractivity contribution in [1.29, 1.82) is 0 Å². The van der Waals surface area contributed by atoms with Crippen LogP contribution in [0, 0.1) is 0 Å². The van der Waals surface area contributed by atoms with E-state index in [1.807, 2.05) is 5.32 Å². The van der Waals surface area contributed by atoms with E-state index in [9.17, 15) is 18.0 Å². The van der Waals surface area contributed by atoms with Crippen molar-refractivity contribution < 1.29 is 22.5 Å². The van der Waals surface area contributed by atoms with Crippen LogP contribution in [-0.4, -0.2) is 11.2 Å². The van der Waals surface area contributed by atoms with Crippen molar-refractivity contribution in [3.05, 3.63) is 11.8 Å². The van der Waals surface area contributed by atoms with Crippen molar-refractivity contribution in [1.82, 2.24) is 5.16 Å². The average molecular weight is 195 g/mol. The van der Waals surface area contributed by atoms with Gasteiger partial charge in [0.15, 0.2) is 5.82 Å². The summed E-state index contributed by atoms with van der Waals surface area (Å²) in [6.45, 7) is 0. The number of hydrogen-bond donors (Lipinski definition) is 2. The second-order valence-electron chi connectivity index (χ2n) is 2.06. The Morgan fingerprint density at radius 2 is 2.23 bits per heavy atom. The Hall–Kier alpha value is -1.73. The number of carbonyl (C=O) groups is 1. The number of amides is 2. The van der Waals surface area contributed by atoms with Crippen molar-refractivity contribution in [2.45, 2.75) is 6.18 Å². The summed E-state index contributed by atoms with van der Waals surface area (Å²) in [5.74, 6) is -1.67. The van der Waals surface area contributed by atoms with Gasteiger partial charge in [0.2, 0.25) is 5.76 Å². The molecular weight excluding hydrogens is 191 g/mol. The lowest BCUT2D eigenvalue weighted by molar-refractivity contribution is -0.155. The van der Waals surface area contributed by atoms with E-state index < -0.39 is 18.0 Å². The number of hydrogen-bond acceptors (Lipinski definition) is 3. The zero-order valence-electron chi connectivity index (χ0n) is 6.05. The third-order valence-corrected chi connectivity index (χ3v) is 1.04. The quantitative estimate of drug-likeness (QED) is 0.705. The highest BCUT2D eigenvalue weighted by Gasteiger charge is 2.36. The Morgan fingerprint density at radius 3 is 2.62 bits per heavy atom. The molecule has 8 heteroatoms. The normalized spacial score (nSPS) is 11.3. The summed E-state index contributed by atoms with van der Waals surface area (Å²) < 4.78 is 39.5. The SMILES string of the molecule is NC(=O)Nc1cc(C(F)(F)F)on1. The molecule has 0 unspecified atom stereocenters. The Kier molecular flexibility index (Phi) is 2.13. The first-order chi connectivity index (χ1) is 5.89. The Balaban J connectivity index is 2.81. The summed E-state index contributed by atoms with van der Waals surface area (Å²) in [5, 5.41) is 4.75. The predicted molar refractivity (Wildman–Crippen MR) is 34.7 cm³/mol. The van der Waals surface area contributed by atoms with Crippen LogP contribution in [0.2, 0.25) is 0 Å². The minimum absolute atomic E-state index is 0.375. The van der Waals surface area contributed by atoms with Crippen molar-refractivity contribution in [2.75, 3.05) is 5.32 Å². The molecule has 0 aliphatic heterocycles. The molecule has 0 aromatic carbocycles. The van der Waals surface area contributed by atoms with Gasteiger partial charge >= 0.3 is 12.2 Å². The van der Waals surface area contributed by atoms with E-state index in [1.165, 1.54) is 0 Å². The molecule has 5 nitrogen and oxygen atoms in total. The van der Waals surface area contributed by atoms with E-state index in [0.29, 0.717) is 6.07 Å². The zero-order valence-corrected chi connectivity index (χ0v) is 6.05. The Bertz CT molecular complexity index is 319. The lowest BCUT2D eigenvalue weighted by Gasteiger charge is -1.97. The van der Waals surface area contributed by atoms with Gasteiger partial charge in [-0.15, -0.1) is 0 Å². The van der Waals surface area contributed by atoms with Crippen molar-refractivity contribution in [3.63, 3.8) is 0 Å². The maximum Gasteiger partial charge on any atom is 0.452 e. The highest BCUT2D eigenvalue weighted by molar-refractivity contribution is 5.86. The second kappa shape index (κ2) is 2.96.